The summed E-state index contributed by atoms with van der Waals surface area (Å²) in [4.78, 5) is 36.1. The molecule has 5 heteroatoms. The first kappa shape index (κ1) is 13.1. The van der Waals surface area contributed by atoms with Crippen LogP contribution in [0.1, 0.15) is 45.4 Å². The zero-order chi connectivity index (χ0) is 13.3. The van der Waals surface area contributed by atoms with E-state index in [4.69, 9.17) is 5.11 Å². The van der Waals surface area contributed by atoms with Crippen LogP contribution >= 0.6 is 0 Å². The van der Waals surface area contributed by atoms with Crippen molar-refractivity contribution < 1.29 is 19.5 Å². The molecule has 3 atom stereocenters. The molecule has 1 saturated carbocycles. The van der Waals surface area contributed by atoms with Crippen molar-refractivity contribution in [1.82, 2.24) is 4.90 Å². The molecule has 5 nitrogen and oxygen atoms in total. The Balaban J connectivity index is 1.96. The third-order valence-electron chi connectivity index (χ3n) is 4.06. The number of likely N-dealkylation sites (tertiary alicyclic amines) is 1. The largest absolute Gasteiger partial charge is 0.481 e. The molecule has 0 spiro atoms. The molecular weight excluding hydrogens is 234 g/mol. The molecule has 0 aromatic rings. The van der Waals surface area contributed by atoms with E-state index in [1.54, 1.807) is 0 Å². The Hall–Kier alpha value is -1.39. The van der Waals surface area contributed by atoms with Gasteiger partial charge < -0.3 is 5.11 Å². The van der Waals surface area contributed by atoms with Gasteiger partial charge >= 0.3 is 5.97 Å². The molecule has 1 aliphatic heterocycles. The lowest BCUT2D eigenvalue weighted by Gasteiger charge is -2.34. The Kier molecular flexibility index (Phi) is 3.68. The third kappa shape index (κ3) is 2.40. The van der Waals surface area contributed by atoms with Crippen molar-refractivity contribution in [3.63, 3.8) is 0 Å². The van der Waals surface area contributed by atoms with Crippen LogP contribution in [-0.2, 0) is 14.4 Å². The molecule has 1 aliphatic carbocycles. The molecule has 0 aromatic carbocycles. The molecule has 2 aliphatic rings. The third-order valence-corrected chi connectivity index (χ3v) is 4.06. The number of nitrogens with zero attached hydrogens (tertiary/aromatic N) is 1. The highest BCUT2D eigenvalue weighted by Crippen LogP contribution is 2.39. The van der Waals surface area contributed by atoms with Crippen LogP contribution in [0.4, 0.5) is 0 Å². The Morgan fingerprint density at radius 2 is 1.89 bits per heavy atom. The van der Waals surface area contributed by atoms with Crippen molar-refractivity contribution in [2.24, 2.45) is 11.8 Å². The molecule has 3 unspecified atom stereocenters. The van der Waals surface area contributed by atoms with Crippen LogP contribution in [0.2, 0.25) is 0 Å². The minimum absolute atomic E-state index is 0.0228. The number of carboxylic acids is 1. The predicted molar refractivity (Wildman–Crippen MR) is 63.6 cm³/mol. The van der Waals surface area contributed by atoms with Crippen molar-refractivity contribution in [3.8, 4) is 0 Å². The van der Waals surface area contributed by atoms with Crippen molar-refractivity contribution in [2.45, 2.75) is 51.5 Å². The Bertz CT molecular complexity index is 357. The normalized spacial score (nSPS) is 28.6. The van der Waals surface area contributed by atoms with Gasteiger partial charge in [-0.05, 0) is 39.0 Å². The molecule has 2 bridgehead atoms. The van der Waals surface area contributed by atoms with Crippen LogP contribution in [0.25, 0.3) is 0 Å². The lowest BCUT2D eigenvalue weighted by molar-refractivity contribution is -0.155. The molecular formula is C13H19NO4. The molecule has 1 heterocycles. The maximum atomic E-state index is 12.1. The quantitative estimate of drug-likeness (QED) is 0.752. The highest BCUT2D eigenvalue weighted by molar-refractivity contribution is 6.01. The van der Waals surface area contributed by atoms with Gasteiger partial charge in [0.25, 0.3) is 0 Å². The fourth-order valence-corrected chi connectivity index (χ4v) is 3.04. The average molecular weight is 253 g/mol. The monoisotopic (exact) mass is 253 g/mol. The second kappa shape index (κ2) is 5.08. The number of fused-ring (bicyclic) bond motifs is 2. The van der Waals surface area contributed by atoms with Crippen molar-refractivity contribution in [2.75, 3.05) is 0 Å². The minimum atomic E-state index is -0.835. The molecule has 18 heavy (non-hydrogen) atoms. The van der Waals surface area contributed by atoms with Gasteiger partial charge in [-0.25, -0.2) is 0 Å². The molecule has 0 aromatic heterocycles. The van der Waals surface area contributed by atoms with E-state index in [2.05, 4.69) is 0 Å². The van der Waals surface area contributed by atoms with Gasteiger partial charge in [-0.1, -0.05) is 0 Å². The number of rotatable bonds is 5. The van der Waals surface area contributed by atoms with E-state index in [-0.39, 0.29) is 36.1 Å². The average Bonchev–Trinajstić information content (AvgIpc) is 2.73. The van der Waals surface area contributed by atoms with Crippen LogP contribution < -0.4 is 0 Å². The van der Waals surface area contributed by atoms with Crippen LogP contribution in [0, 0.1) is 11.8 Å². The standard InChI is InChI=1S/C13H19NO4/c1-8(3-2-4-11(15)16)14-12(17)9-5-6-10(7-9)13(14)18/h8-10H,2-7H2,1H3,(H,15,16). The second-order valence-corrected chi connectivity index (χ2v) is 5.39. The Morgan fingerprint density at radius 3 is 2.39 bits per heavy atom. The number of carbonyl (C=O) groups is 3. The lowest BCUT2D eigenvalue weighted by Crippen LogP contribution is -2.50. The van der Waals surface area contributed by atoms with Gasteiger partial charge in [-0.2, -0.15) is 0 Å². The van der Waals surface area contributed by atoms with Gasteiger partial charge in [-0.15, -0.1) is 0 Å². The number of imide groups is 1. The number of amides is 2. The fourth-order valence-electron chi connectivity index (χ4n) is 3.04. The van der Waals surface area contributed by atoms with Gasteiger partial charge in [0.2, 0.25) is 11.8 Å². The number of aliphatic carboxylic acids is 1. The van der Waals surface area contributed by atoms with E-state index in [0.717, 1.165) is 19.3 Å². The minimum Gasteiger partial charge on any atom is -0.481 e. The van der Waals surface area contributed by atoms with Gasteiger partial charge in [-0.3, -0.25) is 19.3 Å². The molecule has 2 fully saturated rings. The zero-order valence-electron chi connectivity index (χ0n) is 10.6. The Labute approximate surface area is 106 Å². The van der Waals surface area contributed by atoms with Gasteiger partial charge in [0.1, 0.15) is 0 Å². The van der Waals surface area contributed by atoms with E-state index in [9.17, 15) is 14.4 Å². The maximum absolute atomic E-state index is 12.1. The van der Waals surface area contributed by atoms with Crippen molar-refractivity contribution in [1.29, 1.82) is 0 Å². The van der Waals surface area contributed by atoms with E-state index in [1.165, 1.54) is 4.90 Å². The van der Waals surface area contributed by atoms with Crippen molar-refractivity contribution in [3.05, 3.63) is 0 Å². The number of carbonyl (C=O) groups excluding carboxylic acids is 2. The molecule has 1 saturated heterocycles. The number of piperidine rings is 1. The topological polar surface area (TPSA) is 74.7 Å². The molecule has 100 valence electrons. The first-order valence-corrected chi connectivity index (χ1v) is 6.59. The summed E-state index contributed by atoms with van der Waals surface area (Å²) < 4.78 is 0. The SMILES string of the molecule is CC(CCCC(=O)O)N1C(=O)C2CCC(C2)C1=O. The highest BCUT2D eigenvalue weighted by Gasteiger charge is 2.46. The first-order chi connectivity index (χ1) is 8.50. The highest BCUT2D eigenvalue weighted by atomic mass is 16.4. The van der Waals surface area contributed by atoms with Crippen LogP contribution in [0.15, 0.2) is 0 Å². The van der Waals surface area contributed by atoms with E-state index >= 15 is 0 Å². The number of carboxylic acid groups (broad SMARTS) is 1. The van der Waals surface area contributed by atoms with E-state index in [0.29, 0.717) is 12.8 Å². The summed E-state index contributed by atoms with van der Waals surface area (Å²) in [6, 6.07) is -0.173. The van der Waals surface area contributed by atoms with Crippen LogP contribution in [0.3, 0.4) is 0 Å². The first-order valence-electron chi connectivity index (χ1n) is 6.59. The molecule has 2 amide bonds. The fraction of sp³-hybridized carbons (Fsp3) is 0.769. The van der Waals surface area contributed by atoms with E-state index < -0.39 is 5.97 Å². The Morgan fingerprint density at radius 1 is 1.33 bits per heavy atom. The number of hydrogen-bond acceptors (Lipinski definition) is 3. The maximum Gasteiger partial charge on any atom is 0.303 e. The van der Waals surface area contributed by atoms with Gasteiger partial charge in [0, 0.05) is 24.3 Å². The van der Waals surface area contributed by atoms with Crippen molar-refractivity contribution >= 4 is 17.8 Å². The van der Waals surface area contributed by atoms with Gasteiger partial charge in [0.05, 0.1) is 0 Å². The summed E-state index contributed by atoms with van der Waals surface area (Å²) in [5.74, 6) is -0.879. The molecule has 1 N–H and O–H groups in total. The summed E-state index contributed by atoms with van der Waals surface area (Å²) in [7, 11) is 0. The molecule has 2 rings (SSSR count). The summed E-state index contributed by atoms with van der Waals surface area (Å²) in [5.41, 5.74) is 0. The molecule has 0 radical (unpaired) electrons. The lowest BCUT2D eigenvalue weighted by atomic mass is 9.94. The summed E-state index contributed by atoms with van der Waals surface area (Å²) >= 11 is 0. The zero-order valence-corrected chi connectivity index (χ0v) is 10.6. The number of hydrogen-bond donors (Lipinski definition) is 1. The smallest absolute Gasteiger partial charge is 0.303 e. The van der Waals surface area contributed by atoms with E-state index in [1.807, 2.05) is 6.92 Å². The van der Waals surface area contributed by atoms with Gasteiger partial charge in [0.15, 0.2) is 0 Å². The summed E-state index contributed by atoms with van der Waals surface area (Å²) in [6.45, 7) is 1.84. The summed E-state index contributed by atoms with van der Waals surface area (Å²) in [5, 5.41) is 8.59. The van der Waals surface area contributed by atoms with Crippen LogP contribution in [0.5, 0.6) is 0 Å². The van der Waals surface area contributed by atoms with Crippen LogP contribution in [-0.4, -0.2) is 33.8 Å². The summed E-state index contributed by atoms with van der Waals surface area (Å²) in [6.07, 6.45) is 3.54. The predicted octanol–water partition coefficient (Wildman–Crippen LogP) is 1.41. The second-order valence-electron chi connectivity index (χ2n) is 5.39.